The van der Waals surface area contributed by atoms with Gasteiger partial charge in [-0.2, -0.15) is 5.26 Å². The zero-order chi connectivity index (χ0) is 22.1. The summed E-state index contributed by atoms with van der Waals surface area (Å²) in [4.78, 5) is 17.1. The van der Waals surface area contributed by atoms with E-state index < -0.39 is 27.3 Å². The molecule has 1 saturated heterocycles. The second kappa shape index (κ2) is 8.20. The van der Waals surface area contributed by atoms with Gasteiger partial charge in [-0.05, 0) is 31.0 Å². The first-order chi connectivity index (χ1) is 14.2. The Bertz CT molecular complexity index is 1220. The third-order valence-corrected chi connectivity index (χ3v) is 6.84. The number of rotatable bonds is 5. The van der Waals surface area contributed by atoms with Crippen LogP contribution >= 0.6 is 0 Å². The van der Waals surface area contributed by atoms with E-state index in [4.69, 9.17) is 9.47 Å². The summed E-state index contributed by atoms with van der Waals surface area (Å²) in [6, 6.07) is 6.11. The van der Waals surface area contributed by atoms with Gasteiger partial charge >= 0.3 is 0 Å². The van der Waals surface area contributed by atoms with Crippen LogP contribution in [-0.2, 0) is 9.84 Å². The summed E-state index contributed by atoms with van der Waals surface area (Å²) in [5.74, 6) is 0.240. The van der Waals surface area contributed by atoms with Gasteiger partial charge in [0.15, 0.2) is 9.84 Å². The van der Waals surface area contributed by atoms with Crippen molar-refractivity contribution in [3.63, 3.8) is 0 Å². The number of aliphatic imine (C=N–C) groups is 1. The first-order valence-corrected chi connectivity index (χ1v) is 10.9. The predicted molar refractivity (Wildman–Crippen MR) is 111 cm³/mol. The lowest BCUT2D eigenvalue weighted by molar-refractivity contribution is 0.379. The Morgan fingerprint density at radius 2 is 2.07 bits per heavy atom. The normalized spacial score (nSPS) is 17.7. The van der Waals surface area contributed by atoms with Gasteiger partial charge in [-0.25, -0.2) is 8.42 Å². The molecule has 158 valence electrons. The van der Waals surface area contributed by atoms with Crippen molar-refractivity contribution in [1.82, 2.24) is 4.57 Å². The fourth-order valence-electron chi connectivity index (χ4n) is 3.44. The highest BCUT2D eigenvalue weighted by Gasteiger charge is 2.33. The quantitative estimate of drug-likeness (QED) is 0.715. The molecule has 2 heterocycles. The molecule has 0 aliphatic carbocycles. The summed E-state index contributed by atoms with van der Waals surface area (Å²) in [5, 5.41) is 20.3. The molecule has 30 heavy (non-hydrogen) atoms. The van der Waals surface area contributed by atoms with E-state index in [0.29, 0.717) is 17.2 Å². The predicted octanol–water partition coefficient (Wildman–Crippen LogP) is 1.86. The molecule has 1 N–H and O–H groups in total. The van der Waals surface area contributed by atoms with Gasteiger partial charge in [0.25, 0.3) is 5.56 Å². The molecule has 0 bridgehead atoms. The van der Waals surface area contributed by atoms with Crippen LogP contribution in [0.15, 0.2) is 28.0 Å². The molecule has 1 aromatic heterocycles. The van der Waals surface area contributed by atoms with Crippen molar-refractivity contribution in [1.29, 1.82) is 5.26 Å². The van der Waals surface area contributed by atoms with Crippen LogP contribution in [0.5, 0.6) is 17.4 Å². The van der Waals surface area contributed by atoms with Crippen LogP contribution in [-0.4, -0.2) is 50.0 Å². The number of aromatic nitrogens is 1. The Hall–Kier alpha value is -3.32. The molecule has 1 atom stereocenters. The standard InChI is InChI=1S/C20H21N3O6S/c1-12-15(9-21)19(24)23(13-6-7-30(26,27)11-13)20(25)16(12)10-22-17-5-4-14(28-2)8-18(17)29-3/h4-5,8,10,13,25H,6-7,11H2,1-3H3/t13-/m1/s1. The lowest BCUT2D eigenvalue weighted by Crippen LogP contribution is -2.29. The summed E-state index contributed by atoms with van der Waals surface area (Å²) in [7, 11) is -0.306. The molecule has 1 aliphatic heterocycles. The molecule has 0 amide bonds. The van der Waals surface area contributed by atoms with E-state index in [1.807, 2.05) is 6.07 Å². The largest absolute Gasteiger partial charge is 0.497 e. The average molecular weight is 431 g/mol. The molecular formula is C20H21N3O6S. The van der Waals surface area contributed by atoms with E-state index >= 15 is 0 Å². The van der Waals surface area contributed by atoms with E-state index in [-0.39, 0.29) is 34.6 Å². The van der Waals surface area contributed by atoms with Gasteiger partial charge in [0.1, 0.15) is 28.8 Å². The van der Waals surface area contributed by atoms with Crippen LogP contribution in [0.25, 0.3) is 0 Å². The average Bonchev–Trinajstić information content (AvgIpc) is 3.07. The molecule has 0 radical (unpaired) electrons. The Labute approximate surface area is 173 Å². The molecule has 1 aromatic carbocycles. The SMILES string of the molecule is COc1ccc(N=Cc2c(C)c(C#N)c(=O)n([C@@H]3CCS(=O)(=O)C3)c2O)c(OC)c1. The summed E-state index contributed by atoms with van der Waals surface area (Å²) < 4.78 is 35.2. The number of ether oxygens (including phenoxy) is 2. The maximum Gasteiger partial charge on any atom is 0.271 e. The van der Waals surface area contributed by atoms with Crippen LogP contribution in [0.1, 0.15) is 29.2 Å². The summed E-state index contributed by atoms with van der Waals surface area (Å²) >= 11 is 0. The summed E-state index contributed by atoms with van der Waals surface area (Å²) in [5.41, 5.74) is -0.0209. The lowest BCUT2D eigenvalue weighted by atomic mass is 10.0. The van der Waals surface area contributed by atoms with Gasteiger partial charge < -0.3 is 14.6 Å². The van der Waals surface area contributed by atoms with Crippen molar-refractivity contribution in [2.75, 3.05) is 25.7 Å². The number of nitriles is 1. The second-order valence-corrected chi connectivity index (χ2v) is 9.11. The highest BCUT2D eigenvalue weighted by molar-refractivity contribution is 7.91. The summed E-state index contributed by atoms with van der Waals surface area (Å²) in [6.45, 7) is 1.53. The van der Waals surface area contributed by atoms with Crippen LogP contribution < -0.4 is 15.0 Å². The summed E-state index contributed by atoms with van der Waals surface area (Å²) in [6.07, 6.45) is 1.52. The highest BCUT2D eigenvalue weighted by atomic mass is 32.2. The zero-order valence-corrected chi connectivity index (χ0v) is 17.6. The van der Waals surface area contributed by atoms with Gasteiger partial charge in [-0.1, -0.05) is 0 Å². The van der Waals surface area contributed by atoms with E-state index in [1.54, 1.807) is 18.2 Å². The monoisotopic (exact) mass is 431 g/mol. The van der Waals surface area contributed by atoms with Gasteiger partial charge in [0.05, 0.1) is 37.3 Å². The van der Waals surface area contributed by atoms with Crippen molar-refractivity contribution in [3.8, 4) is 23.4 Å². The third kappa shape index (κ3) is 3.89. The molecule has 0 spiro atoms. The molecule has 3 rings (SSSR count). The van der Waals surface area contributed by atoms with Crippen molar-refractivity contribution >= 4 is 21.7 Å². The number of hydrogen-bond donors (Lipinski definition) is 1. The minimum absolute atomic E-state index is 0.0776. The molecule has 9 nitrogen and oxygen atoms in total. The minimum Gasteiger partial charge on any atom is -0.497 e. The molecule has 2 aromatic rings. The van der Waals surface area contributed by atoms with E-state index in [2.05, 4.69) is 4.99 Å². The van der Waals surface area contributed by atoms with Crippen molar-refractivity contribution in [3.05, 3.63) is 45.2 Å². The molecular weight excluding hydrogens is 410 g/mol. The topological polar surface area (TPSA) is 131 Å². The van der Waals surface area contributed by atoms with E-state index in [9.17, 15) is 23.6 Å². The van der Waals surface area contributed by atoms with Crippen LogP contribution in [0.2, 0.25) is 0 Å². The molecule has 0 saturated carbocycles. The maximum atomic E-state index is 12.7. The van der Waals surface area contributed by atoms with Crippen molar-refractivity contribution in [2.45, 2.75) is 19.4 Å². The zero-order valence-electron chi connectivity index (χ0n) is 16.7. The van der Waals surface area contributed by atoms with Crippen LogP contribution in [0.4, 0.5) is 5.69 Å². The number of sulfone groups is 1. The van der Waals surface area contributed by atoms with E-state index in [1.165, 1.54) is 27.4 Å². The number of nitrogens with zero attached hydrogens (tertiary/aromatic N) is 3. The number of benzene rings is 1. The number of hydrogen-bond acceptors (Lipinski definition) is 8. The maximum absolute atomic E-state index is 12.7. The number of pyridine rings is 1. The fourth-order valence-corrected chi connectivity index (χ4v) is 5.14. The lowest BCUT2D eigenvalue weighted by Gasteiger charge is -2.18. The first-order valence-electron chi connectivity index (χ1n) is 9.07. The fraction of sp³-hybridized carbons (Fsp3) is 0.350. The minimum atomic E-state index is -3.31. The Balaban J connectivity index is 2.14. The van der Waals surface area contributed by atoms with Gasteiger partial charge in [0.2, 0.25) is 5.88 Å². The van der Waals surface area contributed by atoms with Crippen LogP contribution in [0, 0.1) is 18.3 Å². The third-order valence-electron chi connectivity index (χ3n) is 5.09. The van der Waals surface area contributed by atoms with Gasteiger partial charge in [0, 0.05) is 12.3 Å². The highest BCUT2D eigenvalue weighted by Crippen LogP contribution is 2.33. The molecule has 0 unspecified atom stereocenters. The molecule has 10 heteroatoms. The van der Waals surface area contributed by atoms with Crippen molar-refractivity contribution in [2.24, 2.45) is 4.99 Å². The number of methoxy groups -OCH3 is 2. The first kappa shape index (κ1) is 21.4. The Morgan fingerprint density at radius 3 is 2.63 bits per heavy atom. The molecule has 1 aliphatic rings. The van der Waals surface area contributed by atoms with Crippen LogP contribution in [0.3, 0.4) is 0 Å². The smallest absolute Gasteiger partial charge is 0.271 e. The van der Waals surface area contributed by atoms with Gasteiger partial charge in [-0.15, -0.1) is 0 Å². The van der Waals surface area contributed by atoms with E-state index in [0.717, 1.165) is 4.57 Å². The molecule has 1 fully saturated rings. The second-order valence-electron chi connectivity index (χ2n) is 6.88. The Morgan fingerprint density at radius 1 is 1.33 bits per heavy atom. The number of aromatic hydroxyl groups is 1. The van der Waals surface area contributed by atoms with Crippen molar-refractivity contribution < 1.29 is 23.0 Å². The Kier molecular flexibility index (Phi) is 5.85. The van der Waals surface area contributed by atoms with Gasteiger partial charge in [-0.3, -0.25) is 14.4 Å².